The van der Waals surface area contributed by atoms with Gasteiger partial charge in [0.05, 0.1) is 21.1 Å². The van der Waals surface area contributed by atoms with Crippen LogP contribution in [0.1, 0.15) is 25.7 Å². The molecule has 108 valence electrons. The standard InChI is InChI=1S/C14H15BrClNO3/c15-12-10(16)5-2-6-11(12)17-13(18)8-3-1-4-9(7-8)14(19)20/h2,5-6,8-9H,1,3-4,7H2,(H,17,18)(H,19,20). The van der Waals surface area contributed by atoms with Crippen molar-refractivity contribution in [3.8, 4) is 0 Å². The van der Waals surface area contributed by atoms with E-state index in [1.165, 1.54) is 0 Å². The van der Waals surface area contributed by atoms with Crippen molar-refractivity contribution in [2.45, 2.75) is 25.7 Å². The molecular formula is C14H15BrClNO3. The number of carboxylic acids is 1. The van der Waals surface area contributed by atoms with E-state index in [0.29, 0.717) is 28.0 Å². The van der Waals surface area contributed by atoms with Crippen molar-refractivity contribution in [3.63, 3.8) is 0 Å². The predicted molar refractivity (Wildman–Crippen MR) is 80.9 cm³/mol. The molecule has 1 amide bonds. The lowest BCUT2D eigenvalue weighted by Crippen LogP contribution is -2.31. The molecule has 0 saturated heterocycles. The molecule has 0 bridgehead atoms. The third-order valence-corrected chi connectivity index (χ3v) is 5.00. The van der Waals surface area contributed by atoms with Gasteiger partial charge in [-0.3, -0.25) is 9.59 Å². The van der Waals surface area contributed by atoms with Crippen molar-refractivity contribution in [1.82, 2.24) is 0 Å². The van der Waals surface area contributed by atoms with Gasteiger partial charge in [-0.05, 0) is 47.3 Å². The molecule has 0 radical (unpaired) electrons. The minimum atomic E-state index is -0.813. The van der Waals surface area contributed by atoms with Crippen molar-refractivity contribution in [2.75, 3.05) is 5.32 Å². The van der Waals surface area contributed by atoms with Crippen LogP contribution in [0.2, 0.25) is 5.02 Å². The quantitative estimate of drug-likeness (QED) is 0.858. The molecule has 4 nitrogen and oxygen atoms in total. The van der Waals surface area contributed by atoms with Gasteiger partial charge in [-0.1, -0.05) is 24.1 Å². The topological polar surface area (TPSA) is 66.4 Å². The van der Waals surface area contributed by atoms with E-state index < -0.39 is 11.9 Å². The molecule has 1 saturated carbocycles. The molecule has 1 aromatic carbocycles. The van der Waals surface area contributed by atoms with Crippen LogP contribution < -0.4 is 5.32 Å². The maximum absolute atomic E-state index is 12.2. The Morgan fingerprint density at radius 3 is 2.70 bits per heavy atom. The van der Waals surface area contributed by atoms with Crippen LogP contribution >= 0.6 is 27.5 Å². The van der Waals surface area contributed by atoms with Gasteiger partial charge in [0.15, 0.2) is 0 Å². The molecule has 2 unspecified atom stereocenters. The summed E-state index contributed by atoms with van der Waals surface area (Å²) in [6, 6.07) is 5.23. The lowest BCUT2D eigenvalue weighted by molar-refractivity contribution is -0.143. The maximum atomic E-state index is 12.2. The molecule has 20 heavy (non-hydrogen) atoms. The van der Waals surface area contributed by atoms with Gasteiger partial charge >= 0.3 is 5.97 Å². The highest BCUT2D eigenvalue weighted by molar-refractivity contribution is 9.10. The molecule has 1 aliphatic rings. The first-order valence-corrected chi connectivity index (χ1v) is 7.64. The molecule has 6 heteroatoms. The average molecular weight is 361 g/mol. The van der Waals surface area contributed by atoms with Crippen LogP contribution in [0.5, 0.6) is 0 Å². The van der Waals surface area contributed by atoms with Gasteiger partial charge in [0, 0.05) is 5.92 Å². The zero-order valence-electron chi connectivity index (χ0n) is 10.7. The van der Waals surface area contributed by atoms with Crippen LogP contribution in [-0.2, 0) is 9.59 Å². The summed E-state index contributed by atoms with van der Waals surface area (Å²) in [5.41, 5.74) is 0.611. The first-order valence-electron chi connectivity index (χ1n) is 6.46. The number of carbonyl (C=O) groups is 2. The first kappa shape index (κ1) is 15.3. The van der Waals surface area contributed by atoms with Crippen LogP contribution in [0.4, 0.5) is 5.69 Å². The van der Waals surface area contributed by atoms with Gasteiger partial charge in [-0.25, -0.2) is 0 Å². The fourth-order valence-electron chi connectivity index (χ4n) is 2.49. The molecule has 1 aromatic rings. The third-order valence-electron chi connectivity index (χ3n) is 3.60. The zero-order valence-corrected chi connectivity index (χ0v) is 13.1. The summed E-state index contributed by atoms with van der Waals surface area (Å²) in [5, 5.41) is 12.4. The number of hydrogen-bond donors (Lipinski definition) is 2. The summed E-state index contributed by atoms with van der Waals surface area (Å²) < 4.78 is 0.639. The fourth-order valence-corrected chi connectivity index (χ4v) is 3.03. The molecule has 0 aromatic heterocycles. The highest BCUT2D eigenvalue weighted by Crippen LogP contribution is 2.33. The van der Waals surface area contributed by atoms with Crippen molar-refractivity contribution in [3.05, 3.63) is 27.7 Å². The van der Waals surface area contributed by atoms with E-state index in [0.717, 1.165) is 12.8 Å². The highest BCUT2D eigenvalue weighted by Gasteiger charge is 2.31. The lowest BCUT2D eigenvalue weighted by Gasteiger charge is -2.25. The molecule has 0 heterocycles. The Balaban J connectivity index is 2.04. The summed E-state index contributed by atoms with van der Waals surface area (Å²) in [4.78, 5) is 23.3. The van der Waals surface area contributed by atoms with Crippen molar-refractivity contribution in [2.24, 2.45) is 11.8 Å². The highest BCUT2D eigenvalue weighted by atomic mass is 79.9. The maximum Gasteiger partial charge on any atom is 0.306 e. The SMILES string of the molecule is O=C(O)C1CCCC(C(=O)Nc2cccc(Cl)c2Br)C1. The average Bonchev–Trinajstić information content (AvgIpc) is 2.44. The second-order valence-electron chi connectivity index (χ2n) is 4.99. The van der Waals surface area contributed by atoms with E-state index >= 15 is 0 Å². The molecule has 2 rings (SSSR count). The third kappa shape index (κ3) is 3.52. The molecular weight excluding hydrogens is 346 g/mol. The molecule has 0 spiro atoms. The summed E-state index contributed by atoms with van der Waals surface area (Å²) >= 11 is 9.30. The summed E-state index contributed by atoms with van der Waals surface area (Å²) in [7, 11) is 0. The minimum Gasteiger partial charge on any atom is -0.481 e. The number of aliphatic carboxylic acids is 1. The summed E-state index contributed by atoms with van der Waals surface area (Å²) in [6.07, 6.45) is 2.55. The molecule has 1 fully saturated rings. The number of nitrogens with one attached hydrogen (secondary N) is 1. The number of anilines is 1. The number of halogens is 2. The molecule has 2 atom stereocenters. The van der Waals surface area contributed by atoms with E-state index in [9.17, 15) is 9.59 Å². The largest absolute Gasteiger partial charge is 0.481 e. The van der Waals surface area contributed by atoms with Gasteiger partial charge < -0.3 is 10.4 Å². The number of carbonyl (C=O) groups excluding carboxylic acids is 1. The molecule has 2 N–H and O–H groups in total. The van der Waals surface area contributed by atoms with Gasteiger partial charge in [0.2, 0.25) is 5.91 Å². The van der Waals surface area contributed by atoms with E-state index in [1.807, 2.05) is 0 Å². The van der Waals surface area contributed by atoms with Crippen molar-refractivity contribution >= 4 is 45.1 Å². The molecule has 1 aliphatic carbocycles. The number of hydrogen-bond acceptors (Lipinski definition) is 2. The van der Waals surface area contributed by atoms with Crippen LogP contribution in [0, 0.1) is 11.8 Å². The Morgan fingerprint density at radius 2 is 2.00 bits per heavy atom. The normalized spacial score (nSPS) is 22.3. The van der Waals surface area contributed by atoms with Gasteiger partial charge in [-0.2, -0.15) is 0 Å². The van der Waals surface area contributed by atoms with Crippen LogP contribution in [-0.4, -0.2) is 17.0 Å². The van der Waals surface area contributed by atoms with Crippen LogP contribution in [0.3, 0.4) is 0 Å². The Morgan fingerprint density at radius 1 is 1.30 bits per heavy atom. The first-order chi connectivity index (χ1) is 9.49. The Labute approximate surface area is 130 Å². The van der Waals surface area contributed by atoms with E-state index in [1.54, 1.807) is 18.2 Å². The number of amides is 1. The summed E-state index contributed by atoms with van der Waals surface area (Å²) in [6.45, 7) is 0. The monoisotopic (exact) mass is 359 g/mol. The Kier molecular flexibility index (Phi) is 5.05. The number of benzene rings is 1. The number of rotatable bonds is 3. The van der Waals surface area contributed by atoms with Crippen LogP contribution in [0.25, 0.3) is 0 Å². The van der Waals surface area contributed by atoms with Crippen LogP contribution in [0.15, 0.2) is 22.7 Å². The minimum absolute atomic E-state index is 0.140. The van der Waals surface area contributed by atoms with E-state index in [-0.39, 0.29) is 11.8 Å². The lowest BCUT2D eigenvalue weighted by atomic mass is 9.81. The zero-order chi connectivity index (χ0) is 14.7. The predicted octanol–water partition coefficient (Wildman–Crippen LogP) is 3.93. The van der Waals surface area contributed by atoms with E-state index in [2.05, 4.69) is 21.2 Å². The van der Waals surface area contributed by atoms with Gasteiger partial charge in [0.1, 0.15) is 0 Å². The van der Waals surface area contributed by atoms with Gasteiger partial charge in [0.25, 0.3) is 0 Å². The van der Waals surface area contributed by atoms with E-state index in [4.69, 9.17) is 16.7 Å². The Hall–Kier alpha value is -1.07. The Bertz CT molecular complexity index is 535. The van der Waals surface area contributed by atoms with Crippen molar-refractivity contribution < 1.29 is 14.7 Å². The number of carboxylic acid groups (broad SMARTS) is 1. The fraction of sp³-hybridized carbons (Fsp3) is 0.429. The van der Waals surface area contributed by atoms with Crippen molar-refractivity contribution in [1.29, 1.82) is 0 Å². The van der Waals surface area contributed by atoms with Gasteiger partial charge in [-0.15, -0.1) is 0 Å². The molecule has 0 aliphatic heterocycles. The second-order valence-corrected chi connectivity index (χ2v) is 6.19. The smallest absolute Gasteiger partial charge is 0.306 e. The second kappa shape index (κ2) is 6.59. The summed E-state index contributed by atoms with van der Waals surface area (Å²) in [5.74, 6) is -1.62.